The number of halogens is 1. The van der Waals surface area contributed by atoms with E-state index in [1.165, 1.54) is 12.3 Å². The maximum absolute atomic E-state index is 15.3. The number of piperidine rings is 1. The van der Waals surface area contributed by atoms with E-state index in [1.54, 1.807) is 18.5 Å². The fourth-order valence-corrected chi connectivity index (χ4v) is 4.71. The molecule has 3 heterocycles. The van der Waals surface area contributed by atoms with Crippen LogP contribution in [0.2, 0.25) is 0 Å². The number of pyridine rings is 1. The number of hydrogen-bond donors (Lipinski definition) is 2. The van der Waals surface area contributed by atoms with Crippen LogP contribution in [0.1, 0.15) is 55.1 Å². The molecule has 4 rings (SSSR count). The summed E-state index contributed by atoms with van der Waals surface area (Å²) in [5, 5.41) is 12.4. The first-order valence-electron chi connectivity index (χ1n) is 11.0. The number of aromatic nitrogens is 1. The summed E-state index contributed by atoms with van der Waals surface area (Å²) >= 11 is 0. The predicted octanol–water partition coefficient (Wildman–Crippen LogP) is 2.47. The van der Waals surface area contributed by atoms with Crippen molar-refractivity contribution in [3.05, 3.63) is 39.4 Å². The molecule has 2 aromatic rings. The van der Waals surface area contributed by atoms with Crippen LogP contribution in [0.3, 0.4) is 0 Å². The zero-order valence-electron chi connectivity index (χ0n) is 18.5. The second-order valence-corrected chi connectivity index (χ2v) is 8.69. The number of nitrogens with zero attached hydrogens (tertiary/aromatic N) is 2. The third-order valence-corrected chi connectivity index (χ3v) is 6.68. The number of anilines is 1. The highest BCUT2D eigenvalue weighted by Gasteiger charge is 2.31. The molecule has 0 spiro atoms. The number of carbonyl (C=O) groups excluding carboxylic acids is 1. The van der Waals surface area contributed by atoms with Crippen LogP contribution >= 0.6 is 0 Å². The Hall–Kier alpha value is -2.94. The highest BCUT2D eigenvalue weighted by atomic mass is 19.1. The Balaban J connectivity index is 1.69. The third kappa shape index (κ3) is 3.74. The Labute approximate surface area is 185 Å². The van der Waals surface area contributed by atoms with Crippen molar-refractivity contribution in [2.45, 2.75) is 57.7 Å². The van der Waals surface area contributed by atoms with Crippen LogP contribution in [0, 0.1) is 5.82 Å². The van der Waals surface area contributed by atoms with Gasteiger partial charge in [0.15, 0.2) is 0 Å². The zero-order chi connectivity index (χ0) is 23.2. The molecular formula is C23H28FN3O5. The molecule has 2 aliphatic heterocycles. The van der Waals surface area contributed by atoms with E-state index < -0.39 is 17.2 Å². The molecule has 1 aromatic carbocycles. The van der Waals surface area contributed by atoms with Crippen LogP contribution in [-0.4, -0.2) is 53.9 Å². The molecule has 2 N–H and O–H groups in total. The third-order valence-electron chi connectivity index (χ3n) is 6.68. The van der Waals surface area contributed by atoms with Gasteiger partial charge in [0.25, 0.3) is 0 Å². The van der Waals surface area contributed by atoms with E-state index in [9.17, 15) is 19.5 Å². The molecule has 8 nitrogen and oxygen atoms in total. The Kier molecular flexibility index (Phi) is 5.94. The average Bonchev–Trinajstić information content (AvgIpc) is 2.77. The summed E-state index contributed by atoms with van der Waals surface area (Å²) in [6.45, 7) is 4.75. The van der Waals surface area contributed by atoms with Crippen LogP contribution in [0.25, 0.3) is 10.9 Å². The molecule has 32 heavy (non-hydrogen) atoms. The molecule has 1 fully saturated rings. The highest BCUT2D eigenvalue weighted by molar-refractivity contribution is 5.95. The number of rotatable bonds is 5. The topological polar surface area (TPSA) is 101 Å². The largest absolute Gasteiger partial charge is 0.477 e. The molecular weight excluding hydrogens is 417 g/mol. The SMILES string of the molecule is CNC(C)C(=O)OC1CCN(c2c(F)cc3c(=O)c(C(=O)O)cn4c3c2CC[C@@H]4C)CC1. The molecule has 1 aromatic heterocycles. The van der Waals surface area contributed by atoms with Gasteiger partial charge in [-0.15, -0.1) is 0 Å². The number of esters is 1. The molecule has 2 aliphatic rings. The molecule has 1 saturated heterocycles. The van der Waals surface area contributed by atoms with Gasteiger partial charge in [-0.1, -0.05) is 0 Å². The van der Waals surface area contributed by atoms with Gasteiger partial charge in [-0.05, 0) is 39.8 Å². The van der Waals surface area contributed by atoms with Gasteiger partial charge in [0.2, 0.25) is 5.43 Å². The highest BCUT2D eigenvalue weighted by Crippen LogP contribution is 2.39. The lowest BCUT2D eigenvalue weighted by Gasteiger charge is -2.37. The molecule has 0 amide bonds. The van der Waals surface area contributed by atoms with Crippen molar-refractivity contribution in [3.8, 4) is 0 Å². The van der Waals surface area contributed by atoms with E-state index in [1.807, 2.05) is 11.8 Å². The minimum Gasteiger partial charge on any atom is -0.477 e. The number of carboxylic acid groups (broad SMARTS) is 1. The molecule has 2 atom stereocenters. The summed E-state index contributed by atoms with van der Waals surface area (Å²) in [7, 11) is 1.70. The lowest BCUT2D eigenvalue weighted by molar-refractivity contribution is -0.151. The fraction of sp³-hybridized carbons (Fsp3) is 0.522. The molecule has 1 unspecified atom stereocenters. The van der Waals surface area contributed by atoms with Crippen LogP contribution < -0.4 is 15.6 Å². The van der Waals surface area contributed by atoms with Gasteiger partial charge < -0.3 is 24.6 Å². The summed E-state index contributed by atoms with van der Waals surface area (Å²) in [4.78, 5) is 38.3. The van der Waals surface area contributed by atoms with E-state index in [4.69, 9.17) is 4.74 Å². The minimum atomic E-state index is -1.31. The van der Waals surface area contributed by atoms with Crippen LogP contribution in [0.4, 0.5) is 10.1 Å². The molecule has 0 radical (unpaired) electrons. The van der Waals surface area contributed by atoms with E-state index >= 15 is 4.39 Å². The number of aromatic carboxylic acids is 1. The van der Waals surface area contributed by atoms with Gasteiger partial charge in [-0.2, -0.15) is 0 Å². The zero-order valence-corrected chi connectivity index (χ0v) is 18.5. The van der Waals surface area contributed by atoms with Crippen molar-refractivity contribution in [2.24, 2.45) is 0 Å². The second-order valence-electron chi connectivity index (χ2n) is 8.69. The van der Waals surface area contributed by atoms with Crippen LogP contribution in [0.15, 0.2) is 17.1 Å². The maximum atomic E-state index is 15.3. The van der Waals surface area contributed by atoms with Gasteiger partial charge >= 0.3 is 11.9 Å². The van der Waals surface area contributed by atoms with Crippen molar-refractivity contribution in [3.63, 3.8) is 0 Å². The Bertz CT molecular complexity index is 1140. The summed E-state index contributed by atoms with van der Waals surface area (Å²) in [6.07, 6.45) is 3.66. The Morgan fingerprint density at radius 3 is 2.59 bits per heavy atom. The quantitative estimate of drug-likeness (QED) is 0.682. The standard InChI is InChI=1S/C23H28FN3O5/c1-12-4-5-15-19-16(21(28)17(22(29)30)11-27(12)19)10-18(24)20(15)26-8-6-14(7-9-26)32-23(31)13(2)25-3/h10-14,25H,4-9H2,1-3H3,(H,29,30)/t12-,13?/m0/s1. The van der Waals surface area contributed by atoms with Crippen molar-refractivity contribution in [1.82, 2.24) is 9.88 Å². The Morgan fingerprint density at radius 1 is 1.28 bits per heavy atom. The number of likely N-dealkylation sites (N-methyl/N-ethyl adjacent to an activating group) is 1. The first-order valence-corrected chi connectivity index (χ1v) is 11.0. The van der Waals surface area contributed by atoms with E-state index in [0.29, 0.717) is 43.6 Å². The summed E-state index contributed by atoms with van der Waals surface area (Å²) < 4.78 is 22.7. The lowest BCUT2D eigenvalue weighted by atomic mass is 9.93. The molecule has 0 saturated carbocycles. The Morgan fingerprint density at radius 2 is 1.97 bits per heavy atom. The van der Waals surface area contributed by atoms with E-state index in [0.717, 1.165) is 12.0 Å². The van der Waals surface area contributed by atoms with Crippen LogP contribution in [-0.2, 0) is 16.0 Å². The molecule has 172 valence electrons. The fourth-order valence-electron chi connectivity index (χ4n) is 4.71. The monoisotopic (exact) mass is 445 g/mol. The lowest BCUT2D eigenvalue weighted by Crippen LogP contribution is -2.42. The molecule has 0 aliphatic carbocycles. The number of hydrogen-bond acceptors (Lipinski definition) is 6. The average molecular weight is 445 g/mol. The number of aryl methyl sites for hydroxylation is 1. The van der Waals surface area contributed by atoms with Crippen LogP contribution in [0.5, 0.6) is 0 Å². The summed E-state index contributed by atoms with van der Waals surface area (Å²) in [5.41, 5.74) is 0.823. The number of nitrogens with one attached hydrogen (secondary N) is 1. The van der Waals surface area contributed by atoms with Crippen molar-refractivity contribution >= 4 is 28.5 Å². The van der Waals surface area contributed by atoms with E-state index in [-0.39, 0.29) is 35.1 Å². The summed E-state index contributed by atoms with van der Waals surface area (Å²) in [5.74, 6) is -2.13. The van der Waals surface area contributed by atoms with Crippen molar-refractivity contribution in [1.29, 1.82) is 0 Å². The molecule has 0 bridgehead atoms. The molecule has 9 heteroatoms. The van der Waals surface area contributed by atoms with Gasteiger partial charge in [0.1, 0.15) is 23.5 Å². The second kappa shape index (κ2) is 8.54. The van der Waals surface area contributed by atoms with Gasteiger partial charge in [-0.25, -0.2) is 9.18 Å². The van der Waals surface area contributed by atoms with Crippen molar-refractivity contribution in [2.75, 3.05) is 25.0 Å². The smallest absolute Gasteiger partial charge is 0.341 e. The first-order chi connectivity index (χ1) is 15.2. The maximum Gasteiger partial charge on any atom is 0.341 e. The predicted molar refractivity (Wildman–Crippen MR) is 118 cm³/mol. The van der Waals surface area contributed by atoms with Gasteiger partial charge in [0.05, 0.1) is 11.2 Å². The normalized spacial score (nSPS) is 19.8. The van der Waals surface area contributed by atoms with Gasteiger partial charge in [0, 0.05) is 49.1 Å². The number of benzene rings is 1. The number of ether oxygens (including phenoxy) is 1. The summed E-state index contributed by atoms with van der Waals surface area (Å²) in [6, 6.07) is 0.796. The van der Waals surface area contributed by atoms with Gasteiger partial charge in [-0.3, -0.25) is 9.59 Å². The number of carboxylic acids is 1. The first kappa shape index (κ1) is 22.3. The van der Waals surface area contributed by atoms with Crippen molar-refractivity contribution < 1.29 is 23.8 Å². The number of carbonyl (C=O) groups is 2. The van der Waals surface area contributed by atoms with E-state index in [2.05, 4.69) is 5.32 Å². The minimum absolute atomic E-state index is 0.00123.